The predicted octanol–water partition coefficient (Wildman–Crippen LogP) is 2.18. The van der Waals surface area contributed by atoms with Crippen LogP contribution in [0.4, 0.5) is 0 Å². The Morgan fingerprint density at radius 2 is 1.92 bits per heavy atom. The highest BCUT2D eigenvalue weighted by Crippen LogP contribution is 2.22. The molecule has 0 aromatic heterocycles. The molecule has 1 aliphatic carbocycles. The maximum atomic E-state index is 4.58. The van der Waals surface area contributed by atoms with Crippen LogP contribution in [0.15, 0.2) is 0 Å². The van der Waals surface area contributed by atoms with E-state index in [4.69, 9.17) is 0 Å². The molecular weight excluding hydrogens is 148 g/mol. The Bertz CT molecular complexity index is 108. The third kappa shape index (κ3) is 2.76. The lowest BCUT2D eigenvalue weighted by molar-refractivity contribution is 0.127. The summed E-state index contributed by atoms with van der Waals surface area (Å²) in [7, 11) is 0. The molecule has 71 valence electrons. The monoisotopic (exact) mass is 169 g/mol. The Labute approximate surface area is 76.3 Å². The smallest absolute Gasteiger partial charge is 0.0304 e. The second-order valence-electron chi connectivity index (χ2n) is 3.56. The van der Waals surface area contributed by atoms with Crippen LogP contribution in [0, 0.1) is 0 Å². The molecule has 0 heterocycles. The average Bonchev–Trinajstić information content (AvgIpc) is 2.59. The fraction of sp³-hybridized carbons (Fsp3) is 1.00. The van der Waals surface area contributed by atoms with Crippen LogP contribution in [0.1, 0.15) is 46.0 Å². The topological polar surface area (TPSA) is 17.3 Å². The Morgan fingerprint density at radius 3 is 2.42 bits per heavy atom. The maximum Gasteiger partial charge on any atom is 0.0304 e. The van der Waals surface area contributed by atoms with Gasteiger partial charge in [-0.25, -0.2) is 5.01 Å². The molecule has 0 atom stereocenters. The molecule has 1 fully saturated rings. The van der Waals surface area contributed by atoms with Gasteiger partial charge in [0.05, 0.1) is 0 Å². The lowest BCUT2D eigenvalue weighted by atomic mass is 10.2. The molecule has 0 unspecified atom stereocenters. The van der Waals surface area contributed by atoms with Gasteiger partial charge in [-0.15, -0.1) is 0 Å². The quantitative estimate of drug-likeness (QED) is 0.577. The molecule has 2 nitrogen and oxygen atoms in total. The van der Waals surface area contributed by atoms with Crippen LogP contribution >= 0.6 is 0 Å². The zero-order valence-electron chi connectivity index (χ0n) is 8.42. The van der Waals surface area contributed by atoms with Crippen LogP contribution in [-0.2, 0) is 0 Å². The summed E-state index contributed by atoms with van der Waals surface area (Å²) in [6, 6.07) is 0.765. The Hall–Kier alpha value is -0.0800. The standard InChI is InChI=1S/C10H21N2/c1-3-9-11-12(4-2)10-7-5-6-8-10/h10H,3-9H2,1-2H3. The van der Waals surface area contributed by atoms with Crippen LogP contribution in [0.25, 0.3) is 0 Å². The molecule has 0 aromatic carbocycles. The summed E-state index contributed by atoms with van der Waals surface area (Å²) in [4.78, 5) is 0. The largest absolute Gasteiger partial charge is 0.224 e. The van der Waals surface area contributed by atoms with E-state index in [1.54, 1.807) is 0 Å². The first-order chi connectivity index (χ1) is 5.88. The van der Waals surface area contributed by atoms with Gasteiger partial charge >= 0.3 is 0 Å². The van der Waals surface area contributed by atoms with Gasteiger partial charge in [-0.2, -0.15) is 5.43 Å². The van der Waals surface area contributed by atoms with Gasteiger partial charge in [0.1, 0.15) is 0 Å². The van der Waals surface area contributed by atoms with Crippen molar-refractivity contribution in [1.82, 2.24) is 10.4 Å². The molecule has 0 saturated heterocycles. The van der Waals surface area contributed by atoms with E-state index >= 15 is 0 Å². The van der Waals surface area contributed by atoms with Crippen LogP contribution in [0.2, 0.25) is 0 Å². The van der Waals surface area contributed by atoms with E-state index < -0.39 is 0 Å². The molecule has 1 saturated carbocycles. The number of hydrogen-bond acceptors (Lipinski definition) is 1. The zero-order chi connectivity index (χ0) is 8.81. The third-order valence-corrected chi connectivity index (χ3v) is 2.58. The molecule has 1 rings (SSSR count). The molecule has 1 aliphatic rings. The first-order valence-corrected chi connectivity index (χ1v) is 5.32. The summed E-state index contributed by atoms with van der Waals surface area (Å²) in [5.74, 6) is 0. The molecule has 0 spiro atoms. The van der Waals surface area contributed by atoms with Crippen molar-refractivity contribution in [2.45, 2.75) is 52.0 Å². The molecule has 0 aromatic rings. The Morgan fingerprint density at radius 1 is 1.25 bits per heavy atom. The van der Waals surface area contributed by atoms with Gasteiger partial charge in [-0.1, -0.05) is 26.7 Å². The van der Waals surface area contributed by atoms with Gasteiger partial charge < -0.3 is 0 Å². The van der Waals surface area contributed by atoms with Crippen molar-refractivity contribution < 1.29 is 0 Å². The fourth-order valence-electron chi connectivity index (χ4n) is 1.90. The van der Waals surface area contributed by atoms with E-state index in [0.717, 1.165) is 19.1 Å². The van der Waals surface area contributed by atoms with Gasteiger partial charge in [-0.05, 0) is 19.3 Å². The second-order valence-corrected chi connectivity index (χ2v) is 3.56. The Kier molecular flexibility index (Phi) is 4.62. The van der Waals surface area contributed by atoms with Gasteiger partial charge in [0.15, 0.2) is 0 Å². The van der Waals surface area contributed by atoms with Crippen LogP contribution in [0.3, 0.4) is 0 Å². The highest BCUT2D eigenvalue weighted by Gasteiger charge is 2.21. The fourth-order valence-corrected chi connectivity index (χ4v) is 1.90. The molecule has 1 radical (unpaired) electrons. The van der Waals surface area contributed by atoms with Crippen molar-refractivity contribution in [1.29, 1.82) is 0 Å². The van der Waals surface area contributed by atoms with E-state index in [2.05, 4.69) is 24.3 Å². The summed E-state index contributed by atoms with van der Waals surface area (Å²) in [6.07, 6.45) is 6.71. The minimum atomic E-state index is 0.765. The van der Waals surface area contributed by atoms with Crippen molar-refractivity contribution in [2.24, 2.45) is 0 Å². The van der Waals surface area contributed by atoms with Gasteiger partial charge in [0.2, 0.25) is 0 Å². The van der Waals surface area contributed by atoms with E-state index in [9.17, 15) is 0 Å². The maximum absolute atomic E-state index is 4.58. The first-order valence-electron chi connectivity index (χ1n) is 5.32. The second kappa shape index (κ2) is 5.55. The number of nitrogens with zero attached hydrogens (tertiary/aromatic N) is 2. The number of hydrogen-bond donors (Lipinski definition) is 0. The highest BCUT2D eigenvalue weighted by atomic mass is 15.5. The normalized spacial score (nSPS) is 19.2. The predicted molar refractivity (Wildman–Crippen MR) is 51.9 cm³/mol. The third-order valence-electron chi connectivity index (χ3n) is 2.58. The van der Waals surface area contributed by atoms with Crippen LogP contribution < -0.4 is 5.43 Å². The SMILES string of the molecule is CCC[N]N(CC)C1CCCC1. The summed E-state index contributed by atoms with van der Waals surface area (Å²) in [6.45, 7) is 6.48. The van der Waals surface area contributed by atoms with Crippen molar-refractivity contribution in [3.8, 4) is 0 Å². The minimum absolute atomic E-state index is 0.765. The average molecular weight is 169 g/mol. The molecule has 0 N–H and O–H groups in total. The van der Waals surface area contributed by atoms with E-state index in [1.165, 1.54) is 32.1 Å². The van der Waals surface area contributed by atoms with Gasteiger partial charge in [0.25, 0.3) is 0 Å². The van der Waals surface area contributed by atoms with E-state index in [-0.39, 0.29) is 0 Å². The lowest BCUT2D eigenvalue weighted by Crippen LogP contribution is -2.39. The van der Waals surface area contributed by atoms with Crippen LogP contribution in [-0.4, -0.2) is 24.1 Å². The Balaban J connectivity index is 2.22. The molecule has 0 bridgehead atoms. The van der Waals surface area contributed by atoms with E-state index in [0.29, 0.717) is 0 Å². The zero-order valence-corrected chi connectivity index (χ0v) is 8.42. The molecule has 2 heteroatoms. The van der Waals surface area contributed by atoms with Gasteiger partial charge in [-0.3, -0.25) is 0 Å². The first kappa shape index (κ1) is 10.0. The molecule has 0 amide bonds. The van der Waals surface area contributed by atoms with Crippen molar-refractivity contribution in [3.05, 3.63) is 0 Å². The van der Waals surface area contributed by atoms with Crippen molar-refractivity contribution >= 4 is 0 Å². The van der Waals surface area contributed by atoms with Crippen LogP contribution in [0.5, 0.6) is 0 Å². The van der Waals surface area contributed by atoms with Gasteiger partial charge in [0, 0.05) is 19.1 Å². The van der Waals surface area contributed by atoms with Crippen molar-refractivity contribution in [3.63, 3.8) is 0 Å². The van der Waals surface area contributed by atoms with Crippen molar-refractivity contribution in [2.75, 3.05) is 13.1 Å². The molecule has 0 aliphatic heterocycles. The summed E-state index contributed by atoms with van der Waals surface area (Å²) in [5, 5.41) is 2.30. The number of rotatable bonds is 5. The molecular formula is C10H21N2. The lowest BCUT2D eigenvalue weighted by Gasteiger charge is -2.25. The van der Waals surface area contributed by atoms with E-state index in [1.807, 2.05) is 0 Å². The summed E-state index contributed by atoms with van der Waals surface area (Å²) >= 11 is 0. The highest BCUT2D eigenvalue weighted by molar-refractivity contribution is 4.74. The molecule has 12 heavy (non-hydrogen) atoms. The minimum Gasteiger partial charge on any atom is -0.224 e. The summed E-state index contributed by atoms with van der Waals surface area (Å²) in [5.41, 5.74) is 4.58. The summed E-state index contributed by atoms with van der Waals surface area (Å²) < 4.78 is 0.